The van der Waals surface area contributed by atoms with E-state index in [2.05, 4.69) is 31.1 Å². The van der Waals surface area contributed by atoms with Gasteiger partial charge in [0.1, 0.15) is 0 Å². The Labute approximate surface area is 183 Å². The van der Waals surface area contributed by atoms with Crippen LogP contribution >= 0.6 is 0 Å². The first-order valence-electron chi connectivity index (χ1n) is 13.0. The van der Waals surface area contributed by atoms with Crippen LogP contribution < -0.4 is 5.32 Å². The maximum atomic E-state index is 11.4. The zero-order chi connectivity index (χ0) is 21.1. The molecule has 0 aromatic carbocycles. The number of aliphatic hydroxyl groups is 2. The minimum absolute atomic E-state index is 0.142. The Hall–Kier alpha value is -0.610. The van der Waals surface area contributed by atoms with Crippen LogP contribution in [0.4, 0.5) is 0 Å². The molecule has 4 aliphatic carbocycles. The minimum atomic E-state index is -0.158. The molecule has 170 valence electrons. The van der Waals surface area contributed by atoms with Crippen LogP contribution in [0.15, 0.2) is 4.99 Å². The van der Waals surface area contributed by atoms with Gasteiger partial charge in [0.15, 0.2) is 0 Å². The van der Waals surface area contributed by atoms with Gasteiger partial charge in [0.05, 0.1) is 24.6 Å². The van der Waals surface area contributed by atoms with E-state index < -0.39 is 0 Å². The van der Waals surface area contributed by atoms with Gasteiger partial charge < -0.3 is 15.5 Å². The molecule has 30 heavy (non-hydrogen) atoms. The Kier molecular flexibility index (Phi) is 5.50. The number of fused-ring (bicyclic) bond motifs is 5. The van der Waals surface area contributed by atoms with Gasteiger partial charge in [-0.2, -0.15) is 0 Å². The summed E-state index contributed by atoms with van der Waals surface area (Å²) in [7, 11) is 0. The molecule has 4 saturated carbocycles. The lowest BCUT2D eigenvalue weighted by molar-refractivity contribution is -0.174. The number of amidine groups is 1. The average molecular weight is 417 g/mol. The zero-order valence-corrected chi connectivity index (χ0v) is 19.4. The van der Waals surface area contributed by atoms with Gasteiger partial charge in [0.25, 0.3) is 0 Å². The Morgan fingerprint density at radius 3 is 2.57 bits per heavy atom. The van der Waals surface area contributed by atoms with Crippen LogP contribution in [0.1, 0.15) is 85.0 Å². The van der Waals surface area contributed by atoms with Crippen LogP contribution in [0.25, 0.3) is 0 Å². The van der Waals surface area contributed by atoms with Crippen molar-refractivity contribution in [2.24, 2.45) is 51.3 Å². The van der Waals surface area contributed by atoms with E-state index in [1.165, 1.54) is 37.9 Å². The van der Waals surface area contributed by atoms with E-state index in [9.17, 15) is 10.2 Å². The summed E-state index contributed by atoms with van der Waals surface area (Å²) in [5, 5.41) is 25.1. The summed E-state index contributed by atoms with van der Waals surface area (Å²) in [6, 6.07) is 0. The van der Waals surface area contributed by atoms with E-state index in [0.717, 1.165) is 57.0 Å². The molecule has 0 spiro atoms. The first kappa shape index (κ1) is 21.2. The first-order chi connectivity index (χ1) is 14.3. The number of hydrogen-bond donors (Lipinski definition) is 3. The monoisotopic (exact) mass is 416 g/mol. The summed E-state index contributed by atoms with van der Waals surface area (Å²) in [5.74, 6) is 5.09. The lowest BCUT2D eigenvalue weighted by atomic mass is 9.43. The molecule has 4 fully saturated rings. The molecule has 0 radical (unpaired) electrons. The molecule has 0 unspecified atom stereocenters. The molecule has 4 nitrogen and oxygen atoms in total. The second kappa shape index (κ2) is 7.76. The van der Waals surface area contributed by atoms with E-state index >= 15 is 0 Å². The van der Waals surface area contributed by atoms with Crippen molar-refractivity contribution < 1.29 is 10.2 Å². The number of aliphatic hydroxyl groups excluding tert-OH is 2. The molecule has 1 heterocycles. The van der Waals surface area contributed by atoms with Crippen LogP contribution in [0.3, 0.4) is 0 Å². The lowest BCUT2D eigenvalue weighted by Gasteiger charge is -2.62. The first-order valence-corrected chi connectivity index (χ1v) is 13.0. The van der Waals surface area contributed by atoms with E-state index in [1.807, 2.05) is 0 Å². The molecular weight excluding hydrogens is 372 g/mol. The van der Waals surface area contributed by atoms with Crippen LogP contribution in [0.5, 0.6) is 0 Å². The highest BCUT2D eigenvalue weighted by atomic mass is 16.3. The van der Waals surface area contributed by atoms with Crippen molar-refractivity contribution in [2.75, 3.05) is 13.1 Å². The van der Waals surface area contributed by atoms with Gasteiger partial charge in [-0.25, -0.2) is 0 Å². The summed E-state index contributed by atoms with van der Waals surface area (Å²) in [6.07, 6.45) is 11.3. The highest BCUT2D eigenvalue weighted by Crippen LogP contribution is 2.68. The fourth-order valence-corrected chi connectivity index (χ4v) is 9.36. The smallest absolute Gasteiger partial charge is 0.0964 e. The lowest BCUT2D eigenvalue weighted by Crippen LogP contribution is -2.58. The second-order valence-electron chi connectivity index (χ2n) is 12.2. The maximum absolute atomic E-state index is 11.4. The largest absolute Gasteiger partial charge is 0.393 e. The second-order valence-corrected chi connectivity index (χ2v) is 12.2. The fraction of sp³-hybridized carbons (Fsp3) is 0.962. The van der Waals surface area contributed by atoms with Crippen molar-refractivity contribution in [3.05, 3.63) is 0 Å². The van der Waals surface area contributed by atoms with Gasteiger partial charge in [-0.15, -0.1) is 0 Å². The molecule has 0 saturated heterocycles. The molecule has 1 aliphatic heterocycles. The Morgan fingerprint density at radius 2 is 1.80 bits per heavy atom. The van der Waals surface area contributed by atoms with Crippen LogP contribution in [-0.2, 0) is 0 Å². The summed E-state index contributed by atoms with van der Waals surface area (Å²) in [6.45, 7) is 9.55. The molecule has 10 atom stereocenters. The summed E-state index contributed by atoms with van der Waals surface area (Å²) >= 11 is 0. The number of nitrogens with one attached hydrogen (secondary N) is 1. The van der Waals surface area contributed by atoms with Crippen LogP contribution in [-0.4, -0.2) is 41.3 Å². The molecule has 0 amide bonds. The van der Waals surface area contributed by atoms with Crippen molar-refractivity contribution in [3.63, 3.8) is 0 Å². The van der Waals surface area contributed by atoms with E-state index in [-0.39, 0.29) is 12.2 Å². The van der Waals surface area contributed by atoms with E-state index in [1.54, 1.807) is 0 Å². The molecule has 5 aliphatic rings. The minimum Gasteiger partial charge on any atom is -0.393 e. The standard InChI is InChI=1S/C26H44N2O2/c1-16(4-7-23-27-12-13-28-23)19-5-6-20-24-21(9-11-26(19,20)3)25(2)10-8-18(29)14-17(25)15-22(24)30/h16-22,24,29-30H,4-15H2,1-3H3,(H,27,28)/t16-,17+,18-,19-,20+,21+,22-,24+,25+,26-/m1/s1. The molecule has 5 rings (SSSR count). The van der Waals surface area contributed by atoms with Gasteiger partial charge in [0, 0.05) is 13.0 Å². The third-order valence-corrected chi connectivity index (χ3v) is 11.0. The molecule has 3 N–H and O–H groups in total. The van der Waals surface area contributed by atoms with Crippen molar-refractivity contribution in [1.82, 2.24) is 5.32 Å². The summed E-state index contributed by atoms with van der Waals surface area (Å²) in [4.78, 5) is 4.60. The molecule has 0 aromatic rings. The third kappa shape index (κ3) is 3.27. The summed E-state index contributed by atoms with van der Waals surface area (Å²) in [5.41, 5.74) is 0.726. The highest BCUT2D eigenvalue weighted by Gasteiger charge is 2.62. The average Bonchev–Trinajstić information content (AvgIpc) is 3.35. The van der Waals surface area contributed by atoms with Crippen molar-refractivity contribution >= 4 is 5.84 Å². The Balaban J connectivity index is 1.32. The van der Waals surface area contributed by atoms with Crippen molar-refractivity contribution in [1.29, 1.82) is 0 Å². The molecular formula is C26H44N2O2. The van der Waals surface area contributed by atoms with Gasteiger partial charge in [-0.05, 0) is 104 Å². The number of nitrogens with zero attached hydrogens (tertiary/aromatic N) is 1. The Bertz CT molecular complexity index is 680. The van der Waals surface area contributed by atoms with Crippen molar-refractivity contribution in [3.8, 4) is 0 Å². The highest BCUT2D eigenvalue weighted by molar-refractivity contribution is 5.83. The van der Waals surface area contributed by atoms with Crippen LogP contribution in [0, 0.1) is 46.3 Å². The zero-order valence-electron chi connectivity index (χ0n) is 19.4. The van der Waals surface area contributed by atoms with E-state index in [0.29, 0.717) is 34.5 Å². The molecule has 4 heteroatoms. The SMILES string of the molecule is C[C@H](CCC1=NCCN1)[C@H]1CC[C@H]2[C@@H]3[C@H](O)C[C@@H]4C[C@H](O)CC[C@]4(C)[C@H]3CC[C@]12C. The van der Waals surface area contributed by atoms with Gasteiger partial charge >= 0.3 is 0 Å². The Morgan fingerprint density at radius 1 is 1.03 bits per heavy atom. The number of rotatable bonds is 4. The quantitative estimate of drug-likeness (QED) is 0.637. The molecule has 0 bridgehead atoms. The van der Waals surface area contributed by atoms with Gasteiger partial charge in [-0.3, -0.25) is 4.99 Å². The number of hydrogen-bond acceptors (Lipinski definition) is 4. The topological polar surface area (TPSA) is 64.9 Å². The van der Waals surface area contributed by atoms with Crippen molar-refractivity contribution in [2.45, 2.75) is 97.2 Å². The molecule has 0 aromatic heterocycles. The van der Waals surface area contributed by atoms with Gasteiger partial charge in [-0.1, -0.05) is 20.8 Å². The van der Waals surface area contributed by atoms with Crippen LogP contribution in [0.2, 0.25) is 0 Å². The predicted molar refractivity (Wildman–Crippen MR) is 121 cm³/mol. The summed E-state index contributed by atoms with van der Waals surface area (Å²) < 4.78 is 0. The number of aliphatic imine (C=N–C) groups is 1. The predicted octanol–water partition coefficient (Wildman–Crippen LogP) is 4.40. The normalized spacial score (nSPS) is 51.4. The fourth-order valence-electron chi connectivity index (χ4n) is 9.36. The van der Waals surface area contributed by atoms with Gasteiger partial charge in [0.2, 0.25) is 0 Å². The third-order valence-electron chi connectivity index (χ3n) is 11.0. The maximum Gasteiger partial charge on any atom is 0.0964 e. The van der Waals surface area contributed by atoms with E-state index in [4.69, 9.17) is 0 Å².